The molecule has 0 aliphatic heterocycles. The van der Waals surface area contributed by atoms with Crippen molar-refractivity contribution >= 4 is 0 Å². The Bertz CT molecular complexity index is 644. The van der Waals surface area contributed by atoms with Gasteiger partial charge in [-0.15, -0.1) is 0 Å². The fraction of sp³-hybridized carbons (Fsp3) is 0.182. The number of nitrogens with two attached hydrogens (primary N) is 1. The highest BCUT2D eigenvalue weighted by atomic mass is 16.5. The number of hydrogen-bond acceptors (Lipinski definition) is 2. The van der Waals surface area contributed by atoms with E-state index in [2.05, 4.69) is 36.4 Å². The molecule has 3 rings (SSSR count). The van der Waals surface area contributed by atoms with Crippen LogP contribution in [0.5, 0.6) is 0 Å². The first kappa shape index (κ1) is 16.4. The zero-order chi connectivity index (χ0) is 16.8. The van der Waals surface area contributed by atoms with Gasteiger partial charge in [-0.1, -0.05) is 91.0 Å². The molecule has 0 spiro atoms. The van der Waals surface area contributed by atoms with Crippen molar-refractivity contribution in [2.75, 3.05) is 6.54 Å². The third-order valence-corrected chi connectivity index (χ3v) is 4.25. The Balaban J connectivity index is 2.28. The summed E-state index contributed by atoms with van der Waals surface area (Å²) in [5.41, 5.74) is 8.51. The fourth-order valence-electron chi connectivity index (χ4n) is 3.07. The summed E-state index contributed by atoms with van der Waals surface area (Å²) in [5, 5.41) is 0. The second-order valence-electron chi connectivity index (χ2n) is 5.94. The van der Waals surface area contributed by atoms with Crippen molar-refractivity contribution in [3.8, 4) is 0 Å². The van der Waals surface area contributed by atoms with Gasteiger partial charge in [-0.25, -0.2) is 0 Å². The smallest absolute Gasteiger partial charge is 0.144 e. The van der Waals surface area contributed by atoms with E-state index in [0.717, 1.165) is 16.7 Å². The first-order chi connectivity index (χ1) is 11.8. The molecule has 0 heterocycles. The molecule has 0 unspecified atom stereocenters. The predicted molar refractivity (Wildman–Crippen MR) is 98.8 cm³/mol. The highest BCUT2D eigenvalue weighted by molar-refractivity contribution is 5.47. The lowest BCUT2D eigenvalue weighted by Crippen LogP contribution is -2.38. The Morgan fingerprint density at radius 3 is 1.33 bits per heavy atom. The van der Waals surface area contributed by atoms with Crippen LogP contribution in [-0.2, 0) is 10.3 Å². The standard InChI is InChI=1S/C22H23NO/c1-18(17-23)24-22(19-11-5-2-6-12-19,20-13-7-3-8-14-20)21-15-9-4-10-16-21/h2-16,18H,17,23H2,1H3/t18-/m0/s1. The fourth-order valence-corrected chi connectivity index (χ4v) is 3.07. The van der Waals surface area contributed by atoms with Crippen LogP contribution in [0.3, 0.4) is 0 Å². The van der Waals surface area contributed by atoms with Crippen molar-refractivity contribution in [3.63, 3.8) is 0 Å². The maximum atomic E-state index is 6.62. The van der Waals surface area contributed by atoms with Gasteiger partial charge in [-0.05, 0) is 23.6 Å². The van der Waals surface area contributed by atoms with E-state index in [1.54, 1.807) is 0 Å². The molecule has 0 amide bonds. The van der Waals surface area contributed by atoms with Gasteiger partial charge < -0.3 is 10.5 Å². The molecule has 2 nitrogen and oxygen atoms in total. The summed E-state index contributed by atoms with van der Waals surface area (Å²) >= 11 is 0. The minimum atomic E-state index is -0.678. The molecule has 24 heavy (non-hydrogen) atoms. The zero-order valence-corrected chi connectivity index (χ0v) is 13.9. The number of rotatable bonds is 6. The molecular weight excluding hydrogens is 294 g/mol. The minimum absolute atomic E-state index is 0.0781. The van der Waals surface area contributed by atoms with Gasteiger partial charge in [0.25, 0.3) is 0 Å². The normalized spacial score (nSPS) is 12.8. The largest absolute Gasteiger partial charge is 0.357 e. The number of hydrogen-bond donors (Lipinski definition) is 1. The molecule has 3 aromatic carbocycles. The summed E-state index contributed by atoms with van der Waals surface area (Å²) in [4.78, 5) is 0. The molecule has 3 aromatic rings. The van der Waals surface area contributed by atoms with Crippen LogP contribution in [0.15, 0.2) is 91.0 Å². The molecule has 0 fully saturated rings. The zero-order valence-electron chi connectivity index (χ0n) is 13.9. The summed E-state index contributed by atoms with van der Waals surface area (Å²) in [5.74, 6) is 0. The second-order valence-corrected chi connectivity index (χ2v) is 5.94. The van der Waals surface area contributed by atoms with Crippen LogP contribution in [0, 0.1) is 0 Å². The van der Waals surface area contributed by atoms with E-state index in [1.807, 2.05) is 61.5 Å². The Labute approximate surface area is 143 Å². The van der Waals surface area contributed by atoms with Crippen LogP contribution in [0.1, 0.15) is 23.6 Å². The van der Waals surface area contributed by atoms with E-state index in [1.165, 1.54) is 0 Å². The van der Waals surface area contributed by atoms with Crippen LogP contribution in [0.4, 0.5) is 0 Å². The van der Waals surface area contributed by atoms with Crippen molar-refractivity contribution in [1.29, 1.82) is 0 Å². The molecular formula is C22H23NO. The summed E-state index contributed by atoms with van der Waals surface area (Å²) < 4.78 is 6.62. The average Bonchev–Trinajstić information content (AvgIpc) is 2.68. The summed E-state index contributed by atoms with van der Waals surface area (Å²) in [7, 11) is 0. The van der Waals surface area contributed by atoms with E-state index >= 15 is 0 Å². The highest BCUT2D eigenvalue weighted by Crippen LogP contribution is 2.41. The van der Waals surface area contributed by atoms with Crippen LogP contribution < -0.4 is 5.73 Å². The lowest BCUT2D eigenvalue weighted by Gasteiger charge is -2.38. The van der Waals surface area contributed by atoms with Gasteiger partial charge in [-0.2, -0.15) is 0 Å². The third-order valence-electron chi connectivity index (χ3n) is 4.25. The van der Waals surface area contributed by atoms with Gasteiger partial charge in [0, 0.05) is 6.54 Å². The molecule has 0 saturated carbocycles. The van der Waals surface area contributed by atoms with Gasteiger partial charge in [0.2, 0.25) is 0 Å². The molecule has 122 valence electrons. The van der Waals surface area contributed by atoms with Crippen molar-refractivity contribution in [3.05, 3.63) is 108 Å². The molecule has 0 radical (unpaired) electrons. The molecule has 0 aliphatic carbocycles. The second kappa shape index (κ2) is 7.43. The summed E-state index contributed by atoms with van der Waals surface area (Å²) in [6.45, 7) is 2.48. The van der Waals surface area contributed by atoms with Gasteiger partial charge >= 0.3 is 0 Å². The summed E-state index contributed by atoms with van der Waals surface area (Å²) in [6.07, 6.45) is -0.0781. The lowest BCUT2D eigenvalue weighted by atomic mass is 9.80. The molecule has 0 bridgehead atoms. The maximum Gasteiger partial charge on any atom is 0.144 e. The van der Waals surface area contributed by atoms with Crippen molar-refractivity contribution < 1.29 is 4.74 Å². The quantitative estimate of drug-likeness (QED) is 0.686. The SMILES string of the molecule is C[C@@H](CN)OC(c1ccccc1)(c1ccccc1)c1ccccc1. The van der Waals surface area contributed by atoms with Gasteiger partial charge in [0.1, 0.15) is 5.60 Å². The summed E-state index contributed by atoms with van der Waals surface area (Å²) in [6, 6.07) is 31.0. The Morgan fingerprint density at radius 2 is 1.04 bits per heavy atom. The predicted octanol–water partition coefficient (Wildman–Crippen LogP) is 4.34. The van der Waals surface area contributed by atoms with Crippen LogP contribution >= 0.6 is 0 Å². The Hall–Kier alpha value is -2.42. The van der Waals surface area contributed by atoms with E-state index in [9.17, 15) is 0 Å². The third kappa shape index (κ3) is 3.12. The van der Waals surface area contributed by atoms with Crippen molar-refractivity contribution in [1.82, 2.24) is 0 Å². The molecule has 0 saturated heterocycles. The molecule has 2 N–H and O–H groups in total. The van der Waals surface area contributed by atoms with Gasteiger partial charge in [-0.3, -0.25) is 0 Å². The van der Waals surface area contributed by atoms with Crippen molar-refractivity contribution in [2.24, 2.45) is 5.73 Å². The van der Waals surface area contributed by atoms with Crippen LogP contribution in [-0.4, -0.2) is 12.6 Å². The highest BCUT2D eigenvalue weighted by Gasteiger charge is 2.38. The molecule has 0 aromatic heterocycles. The van der Waals surface area contributed by atoms with Crippen LogP contribution in [0.2, 0.25) is 0 Å². The molecule has 2 heteroatoms. The minimum Gasteiger partial charge on any atom is -0.357 e. The number of ether oxygens (including phenoxy) is 1. The first-order valence-corrected chi connectivity index (χ1v) is 8.32. The first-order valence-electron chi connectivity index (χ1n) is 8.32. The van der Waals surface area contributed by atoms with Crippen LogP contribution in [0.25, 0.3) is 0 Å². The topological polar surface area (TPSA) is 35.2 Å². The van der Waals surface area contributed by atoms with Crippen molar-refractivity contribution in [2.45, 2.75) is 18.6 Å². The maximum absolute atomic E-state index is 6.62. The van der Waals surface area contributed by atoms with Gasteiger partial charge in [0.05, 0.1) is 6.10 Å². The van der Waals surface area contributed by atoms with E-state index in [-0.39, 0.29) is 6.10 Å². The Kier molecular flexibility index (Phi) is 5.09. The average molecular weight is 317 g/mol. The van der Waals surface area contributed by atoms with Gasteiger partial charge in [0.15, 0.2) is 0 Å². The lowest BCUT2D eigenvalue weighted by molar-refractivity contribution is -0.0337. The molecule has 1 atom stereocenters. The number of benzene rings is 3. The Morgan fingerprint density at radius 1 is 0.708 bits per heavy atom. The molecule has 0 aliphatic rings. The monoisotopic (exact) mass is 317 g/mol. The van der Waals surface area contributed by atoms with E-state index < -0.39 is 5.60 Å². The van der Waals surface area contributed by atoms with E-state index in [4.69, 9.17) is 10.5 Å². The van der Waals surface area contributed by atoms with E-state index in [0.29, 0.717) is 6.54 Å².